The lowest BCUT2D eigenvalue weighted by Gasteiger charge is -2.22. The van der Waals surface area contributed by atoms with E-state index in [0.717, 1.165) is 27.6 Å². The van der Waals surface area contributed by atoms with Crippen molar-refractivity contribution in [3.63, 3.8) is 0 Å². The van der Waals surface area contributed by atoms with Gasteiger partial charge in [0, 0.05) is 39.3 Å². The number of aromatic nitrogens is 1. The van der Waals surface area contributed by atoms with Gasteiger partial charge >= 0.3 is 6.09 Å². The van der Waals surface area contributed by atoms with Crippen molar-refractivity contribution in [3.8, 4) is 0 Å². The number of hydrazone groups is 1. The molecular formula is C31H32Cl2N4O4. The summed E-state index contributed by atoms with van der Waals surface area (Å²) < 4.78 is 13.1. The van der Waals surface area contributed by atoms with Gasteiger partial charge in [-0.15, -0.1) is 0 Å². The molecule has 0 saturated carbocycles. The van der Waals surface area contributed by atoms with Gasteiger partial charge in [0.05, 0.1) is 19.4 Å². The molecule has 10 heteroatoms. The number of carbonyl (C=O) groups excluding carboxylic acids is 2. The lowest BCUT2D eigenvalue weighted by molar-refractivity contribution is -0.124. The topological polar surface area (TPSA) is 93.9 Å². The minimum atomic E-state index is -1.03. The molecule has 0 aliphatic heterocycles. The second-order valence-electron chi connectivity index (χ2n) is 10.4. The molecule has 8 nitrogen and oxygen atoms in total. The van der Waals surface area contributed by atoms with E-state index in [9.17, 15) is 9.59 Å². The number of hydrogen-bond acceptors (Lipinski definition) is 5. The van der Waals surface area contributed by atoms with E-state index in [1.807, 2.05) is 66.9 Å². The minimum Gasteiger partial charge on any atom is -0.444 e. The van der Waals surface area contributed by atoms with Crippen molar-refractivity contribution in [1.29, 1.82) is 0 Å². The lowest BCUT2D eigenvalue weighted by atomic mass is 10.2. The van der Waals surface area contributed by atoms with Gasteiger partial charge in [0.15, 0.2) is 0 Å². The molecule has 3 aromatic carbocycles. The highest BCUT2D eigenvalue weighted by molar-refractivity contribution is 6.35. The Labute approximate surface area is 249 Å². The van der Waals surface area contributed by atoms with E-state index in [4.69, 9.17) is 32.7 Å². The molecule has 0 radical (unpaired) electrons. The second-order valence-corrected chi connectivity index (χ2v) is 11.2. The number of carbonyl (C=O) groups is 2. The van der Waals surface area contributed by atoms with Gasteiger partial charge in [0.2, 0.25) is 0 Å². The van der Waals surface area contributed by atoms with Gasteiger partial charge in [-0.1, -0.05) is 77.8 Å². The number of nitrogens with zero attached hydrogens (tertiary/aromatic N) is 2. The van der Waals surface area contributed by atoms with E-state index >= 15 is 0 Å². The van der Waals surface area contributed by atoms with Crippen LogP contribution in [0.4, 0.5) is 4.79 Å². The fourth-order valence-electron chi connectivity index (χ4n) is 4.09. The zero-order valence-corrected chi connectivity index (χ0v) is 24.6. The van der Waals surface area contributed by atoms with Crippen molar-refractivity contribution < 1.29 is 19.1 Å². The van der Waals surface area contributed by atoms with Gasteiger partial charge in [-0.3, -0.25) is 4.79 Å². The summed E-state index contributed by atoms with van der Waals surface area (Å²) in [6, 6.07) is 21.8. The number of benzene rings is 3. The van der Waals surface area contributed by atoms with Crippen molar-refractivity contribution in [1.82, 2.24) is 15.3 Å². The maximum atomic E-state index is 13.0. The predicted octanol–water partition coefficient (Wildman–Crippen LogP) is 6.56. The Bertz CT molecular complexity index is 1530. The van der Waals surface area contributed by atoms with E-state index in [1.54, 1.807) is 39.1 Å². The maximum absolute atomic E-state index is 13.0. The minimum absolute atomic E-state index is 0.0728. The number of para-hydroxylation sites is 1. The van der Waals surface area contributed by atoms with Crippen LogP contribution in [0.15, 0.2) is 84.1 Å². The lowest BCUT2D eigenvalue weighted by Crippen LogP contribution is -2.49. The monoisotopic (exact) mass is 594 g/mol. The molecule has 214 valence electrons. The van der Waals surface area contributed by atoms with Crippen molar-refractivity contribution in [3.05, 3.63) is 106 Å². The fourth-order valence-corrected chi connectivity index (χ4v) is 4.56. The Balaban J connectivity index is 1.46. The fraction of sp³-hybridized carbons (Fsp3) is 0.258. The van der Waals surface area contributed by atoms with Gasteiger partial charge in [0.1, 0.15) is 11.6 Å². The normalized spacial score (nSPS) is 12.4. The molecule has 0 fully saturated rings. The molecule has 4 rings (SSSR count). The molecule has 2 amide bonds. The highest BCUT2D eigenvalue weighted by atomic mass is 35.5. The van der Waals surface area contributed by atoms with Gasteiger partial charge in [0.25, 0.3) is 5.91 Å². The van der Waals surface area contributed by atoms with Crippen molar-refractivity contribution in [2.75, 3.05) is 6.61 Å². The van der Waals surface area contributed by atoms with Crippen LogP contribution in [0.25, 0.3) is 10.9 Å². The maximum Gasteiger partial charge on any atom is 0.408 e. The third kappa shape index (κ3) is 8.82. The quantitative estimate of drug-likeness (QED) is 0.161. The number of nitrogens with one attached hydrogen (secondary N) is 2. The van der Waals surface area contributed by atoms with Crippen LogP contribution in [-0.4, -0.2) is 41.0 Å². The van der Waals surface area contributed by atoms with Crippen LogP contribution >= 0.6 is 23.2 Å². The summed E-state index contributed by atoms with van der Waals surface area (Å²) in [5.74, 6) is -0.545. The van der Waals surface area contributed by atoms with Crippen molar-refractivity contribution in [2.45, 2.75) is 45.6 Å². The molecular weight excluding hydrogens is 563 g/mol. The van der Waals surface area contributed by atoms with E-state index in [0.29, 0.717) is 16.6 Å². The number of ether oxygens (including phenoxy) is 2. The molecule has 4 aromatic rings. The van der Waals surface area contributed by atoms with Crippen molar-refractivity contribution >= 4 is 52.3 Å². The number of hydrogen-bond donors (Lipinski definition) is 2. The van der Waals surface area contributed by atoms with Gasteiger partial charge in [-0.25, -0.2) is 10.2 Å². The van der Waals surface area contributed by atoms with Crippen LogP contribution in [-0.2, 0) is 27.4 Å². The van der Waals surface area contributed by atoms with Crippen LogP contribution in [0.2, 0.25) is 10.0 Å². The summed E-state index contributed by atoms with van der Waals surface area (Å²) in [5, 5.41) is 8.86. The number of amides is 2. The first-order chi connectivity index (χ1) is 19.6. The number of alkyl carbamates (subject to hydrolysis) is 1. The third-order valence-electron chi connectivity index (χ3n) is 5.96. The largest absolute Gasteiger partial charge is 0.444 e. The standard InChI is InChI=1S/C31H32Cl2N4O4/c1-31(2,3)41-30(39)35-27(20-40-19-21-9-5-4-6-10-21)29(38)36-34-16-23-18-37(28-12-8-7-11-25(23)28)17-22-13-14-24(32)15-26(22)33/h4-16,18,27H,17,19-20H2,1-3H3,(H,35,39)(H,36,38)/b34-16-/t27-/m0/s1. The van der Waals surface area contributed by atoms with E-state index < -0.39 is 23.6 Å². The molecule has 1 atom stereocenters. The van der Waals surface area contributed by atoms with Crippen molar-refractivity contribution in [2.24, 2.45) is 5.10 Å². The molecule has 0 bridgehead atoms. The number of halogens is 2. The first-order valence-corrected chi connectivity index (χ1v) is 13.8. The molecule has 0 spiro atoms. The Morgan fingerprint density at radius 1 is 1.02 bits per heavy atom. The summed E-state index contributed by atoms with van der Waals surface area (Å²) in [6.07, 6.45) is 2.77. The molecule has 0 aliphatic carbocycles. The second kappa shape index (κ2) is 13.7. The zero-order chi connectivity index (χ0) is 29.4. The highest BCUT2D eigenvalue weighted by Crippen LogP contribution is 2.25. The van der Waals surface area contributed by atoms with E-state index in [-0.39, 0.29) is 13.2 Å². The average molecular weight is 596 g/mol. The summed E-state index contributed by atoms with van der Waals surface area (Å²) in [5.41, 5.74) is 5.43. The SMILES string of the molecule is CC(C)(C)OC(=O)N[C@@H](COCc1ccccc1)C(=O)N/N=C\c1cn(Cc2ccc(Cl)cc2Cl)c2ccccc12. The average Bonchev–Trinajstić information content (AvgIpc) is 3.26. The molecule has 0 unspecified atom stereocenters. The number of rotatable bonds is 10. The van der Waals surface area contributed by atoms with Gasteiger partial charge in [-0.2, -0.15) is 5.10 Å². The molecule has 0 aliphatic rings. The van der Waals surface area contributed by atoms with Crippen LogP contribution in [0, 0.1) is 0 Å². The predicted molar refractivity (Wildman–Crippen MR) is 162 cm³/mol. The highest BCUT2D eigenvalue weighted by Gasteiger charge is 2.24. The van der Waals surface area contributed by atoms with Gasteiger partial charge < -0.3 is 19.4 Å². The Morgan fingerprint density at radius 3 is 2.49 bits per heavy atom. The number of fused-ring (bicyclic) bond motifs is 1. The first kappa shape index (κ1) is 30.1. The summed E-state index contributed by atoms with van der Waals surface area (Å²) in [4.78, 5) is 25.5. The molecule has 0 saturated heterocycles. The Hall–Kier alpha value is -3.85. The Morgan fingerprint density at radius 2 is 1.76 bits per heavy atom. The molecule has 1 heterocycles. The third-order valence-corrected chi connectivity index (χ3v) is 6.54. The Kier molecular flexibility index (Phi) is 10.0. The smallest absolute Gasteiger partial charge is 0.408 e. The zero-order valence-electron chi connectivity index (χ0n) is 23.1. The van der Waals surface area contributed by atoms with E-state index in [2.05, 4.69) is 20.4 Å². The summed E-state index contributed by atoms with van der Waals surface area (Å²) >= 11 is 12.5. The van der Waals surface area contributed by atoms with E-state index in [1.165, 1.54) is 0 Å². The van der Waals surface area contributed by atoms with Crippen LogP contribution in [0.3, 0.4) is 0 Å². The first-order valence-electron chi connectivity index (χ1n) is 13.0. The summed E-state index contributed by atoms with van der Waals surface area (Å²) in [7, 11) is 0. The van der Waals surface area contributed by atoms with Crippen LogP contribution in [0.1, 0.15) is 37.5 Å². The van der Waals surface area contributed by atoms with Crippen LogP contribution in [0.5, 0.6) is 0 Å². The summed E-state index contributed by atoms with van der Waals surface area (Å²) in [6.45, 7) is 5.97. The molecule has 2 N–H and O–H groups in total. The molecule has 41 heavy (non-hydrogen) atoms. The van der Waals surface area contributed by atoms with Gasteiger partial charge in [-0.05, 0) is 50.1 Å². The molecule has 1 aromatic heterocycles. The van der Waals surface area contributed by atoms with Crippen LogP contribution < -0.4 is 10.7 Å².